The molecule has 0 atom stereocenters. The molecule has 0 aliphatic rings. The highest BCUT2D eigenvalue weighted by Gasteiger charge is 2.01. The molecule has 0 radical (unpaired) electrons. The van der Waals surface area contributed by atoms with Gasteiger partial charge < -0.3 is 5.32 Å². The summed E-state index contributed by atoms with van der Waals surface area (Å²) in [5, 5.41) is 3.33. The second-order valence-corrected chi connectivity index (χ2v) is 3.77. The molecule has 0 saturated carbocycles. The van der Waals surface area contributed by atoms with Gasteiger partial charge in [0.1, 0.15) is 0 Å². The minimum absolute atomic E-state index is 0.646. The van der Waals surface area contributed by atoms with Gasteiger partial charge in [0.05, 0.1) is 0 Å². The average molecular weight is 198 g/mol. The van der Waals surface area contributed by atoms with Gasteiger partial charge in [-0.15, -0.1) is 11.6 Å². The molecule has 0 aromatic heterocycles. The summed E-state index contributed by atoms with van der Waals surface area (Å²) in [5.41, 5.74) is 5.13. The van der Waals surface area contributed by atoms with Crippen molar-refractivity contribution in [1.82, 2.24) is 0 Å². The first-order valence-electron chi connectivity index (χ1n) is 4.53. The molecule has 72 valence electrons. The van der Waals surface area contributed by atoms with Crippen LogP contribution in [0.3, 0.4) is 0 Å². The number of hydrogen-bond donors (Lipinski definition) is 1. The molecule has 1 rings (SSSR count). The molecule has 1 aromatic carbocycles. The number of alkyl halides is 1. The highest BCUT2D eigenvalue weighted by Crippen LogP contribution is 2.21. The summed E-state index contributed by atoms with van der Waals surface area (Å²) < 4.78 is 0. The van der Waals surface area contributed by atoms with Crippen LogP contribution < -0.4 is 5.32 Å². The summed E-state index contributed by atoms with van der Waals surface area (Å²) in [4.78, 5) is 0. The molecular weight excluding hydrogens is 182 g/mol. The topological polar surface area (TPSA) is 12.0 Å². The van der Waals surface area contributed by atoms with Crippen molar-refractivity contribution < 1.29 is 0 Å². The van der Waals surface area contributed by atoms with Gasteiger partial charge in [-0.2, -0.15) is 0 Å². The van der Waals surface area contributed by atoms with Crippen LogP contribution >= 0.6 is 11.6 Å². The van der Waals surface area contributed by atoms with Crippen LogP contribution in [0, 0.1) is 20.8 Å². The number of aryl methyl sites for hydroxylation is 3. The first-order valence-corrected chi connectivity index (χ1v) is 5.06. The first-order chi connectivity index (χ1) is 6.15. The summed E-state index contributed by atoms with van der Waals surface area (Å²) in [6.45, 7) is 7.19. The molecule has 1 N–H and O–H groups in total. The summed E-state index contributed by atoms with van der Waals surface area (Å²) in [6, 6.07) is 4.37. The Kier molecular flexibility index (Phi) is 3.61. The van der Waals surface area contributed by atoms with Gasteiger partial charge in [0.25, 0.3) is 0 Å². The van der Waals surface area contributed by atoms with Crippen molar-refractivity contribution in [3.8, 4) is 0 Å². The molecule has 1 aromatic rings. The Morgan fingerprint density at radius 1 is 1.15 bits per heavy atom. The zero-order chi connectivity index (χ0) is 9.84. The zero-order valence-electron chi connectivity index (χ0n) is 8.45. The van der Waals surface area contributed by atoms with Crippen LogP contribution in [0.15, 0.2) is 12.1 Å². The Labute approximate surface area is 85.1 Å². The molecule has 0 bridgehead atoms. The lowest BCUT2D eigenvalue weighted by Gasteiger charge is -2.12. The Hall–Kier alpha value is -0.690. The molecule has 1 nitrogen and oxygen atoms in total. The summed E-state index contributed by atoms with van der Waals surface area (Å²) in [5.74, 6) is 0.646. The maximum absolute atomic E-state index is 5.62. The zero-order valence-corrected chi connectivity index (χ0v) is 9.20. The number of rotatable bonds is 3. The molecule has 0 aliphatic carbocycles. The third-order valence-corrected chi connectivity index (χ3v) is 2.26. The van der Waals surface area contributed by atoms with E-state index in [2.05, 4.69) is 38.2 Å². The largest absolute Gasteiger partial charge is 0.383 e. The smallest absolute Gasteiger partial charge is 0.0400 e. The number of benzene rings is 1. The minimum Gasteiger partial charge on any atom is -0.383 e. The van der Waals surface area contributed by atoms with Crippen LogP contribution in [0.25, 0.3) is 0 Å². The monoisotopic (exact) mass is 197 g/mol. The van der Waals surface area contributed by atoms with Crippen LogP contribution in [0.2, 0.25) is 0 Å². The Morgan fingerprint density at radius 2 is 1.69 bits per heavy atom. The van der Waals surface area contributed by atoms with Crippen LogP contribution in [0.5, 0.6) is 0 Å². The lowest BCUT2D eigenvalue weighted by atomic mass is 10.1. The van der Waals surface area contributed by atoms with Gasteiger partial charge in [-0.3, -0.25) is 0 Å². The van der Waals surface area contributed by atoms with Gasteiger partial charge in [0.2, 0.25) is 0 Å². The highest BCUT2D eigenvalue weighted by molar-refractivity contribution is 6.18. The molecule has 13 heavy (non-hydrogen) atoms. The standard InChI is InChI=1S/C11H16ClN/c1-8-6-9(2)11(10(3)7-8)13-5-4-12/h6-7,13H,4-5H2,1-3H3. The molecule has 2 heteroatoms. The van der Waals surface area contributed by atoms with E-state index in [1.807, 2.05) is 0 Å². The fourth-order valence-electron chi connectivity index (χ4n) is 1.63. The van der Waals surface area contributed by atoms with Crippen molar-refractivity contribution in [2.75, 3.05) is 17.7 Å². The van der Waals surface area contributed by atoms with Crippen LogP contribution in [0.4, 0.5) is 5.69 Å². The predicted molar refractivity (Wildman–Crippen MR) is 59.9 cm³/mol. The van der Waals surface area contributed by atoms with Crippen molar-refractivity contribution in [3.05, 3.63) is 28.8 Å². The van der Waals surface area contributed by atoms with E-state index < -0.39 is 0 Å². The minimum atomic E-state index is 0.646. The maximum atomic E-state index is 5.62. The van der Waals surface area contributed by atoms with E-state index in [4.69, 9.17) is 11.6 Å². The number of anilines is 1. The Bertz CT molecular complexity index is 271. The molecule has 0 amide bonds. The van der Waals surface area contributed by atoms with Crippen LogP contribution in [0.1, 0.15) is 16.7 Å². The van der Waals surface area contributed by atoms with Crippen molar-refractivity contribution in [2.24, 2.45) is 0 Å². The van der Waals surface area contributed by atoms with E-state index in [1.165, 1.54) is 22.4 Å². The number of nitrogens with one attached hydrogen (secondary N) is 1. The van der Waals surface area contributed by atoms with Gasteiger partial charge in [-0.25, -0.2) is 0 Å². The third-order valence-electron chi connectivity index (χ3n) is 2.07. The molecule has 0 unspecified atom stereocenters. The highest BCUT2D eigenvalue weighted by atomic mass is 35.5. The van der Waals surface area contributed by atoms with Gasteiger partial charge in [-0.05, 0) is 31.9 Å². The third kappa shape index (κ3) is 2.63. The van der Waals surface area contributed by atoms with Crippen molar-refractivity contribution in [1.29, 1.82) is 0 Å². The van der Waals surface area contributed by atoms with E-state index in [-0.39, 0.29) is 0 Å². The molecule has 0 fully saturated rings. The van der Waals surface area contributed by atoms with Gasteiger partial charge >= 0.3 is 0 Å². The lowest BCUT2D eigenvalue weighted by Crippen LogP contribution is -2.05. The van der Waals surface area contributed by atoms with Gasteiger partial charge in [0.15, 0.2) is 0 Å². The molecular formula is C11H16ClN. The summed E-state index contributed by atoms with van der Waals surface area (Å²) >= 11 is 5.62. The van der Waals surface area contributed by atoms with E-state index in [0.29, 0.717) is 5.88 Å². The van der Waals surface area contributed by atoms with Crippen LogP contribution in [-0.4, -0.2) is 12.4 Å². The SMILES string of the molecule is Cc1cc(C)c(NCCCl)c(C)c1. The number of hydrogen-bond acceptors (Lipinski definition) is 1. The molecule has 0 spiro atoms. The van der Waals surface area contributed by atoms with E-state index in [1.54, 1.807) is 0 Å². The fourth-order valence-corrected chi connectivity index (χ4v) is 1.73. The second kappa shape index (κ2) is 4.52. The van der Waals surface area contributed by atoms with Crippen LogP contribution in [-0.2, 0) is 0 Å². The normalized spacial score (nSPS) is 10.2. The van der Waals surface area contributed by atoms with E-state index in [0.717, 1.165) is 6.54 Å². The number of halogens is 1. The van der Waals surface area contributed by atoms with Crippen molar-refractivity contribution in [2.45, 2.75) is 20.8 Å². The van der Waals surface area contributed by atoms with Crippen molar-refractivity contribution >= 4 is 17.3 Å². The van der Waals surface area contributed by atoms with E-state index >= 15 is 0 Å². The average Bonchev–Trinajstić information content (AvgIpc) is 2.02. The maximum Gasteiger partial charge on any atom is 0.0400 e. The quantitative estimate of drug-likeness (QED) is 0.734. The molecule has 0 saturated heterocycles. The predicted octanol–water partition coefficient (Wildman–Crippen LogP) is 3.26. The van der Waals surface area contributed by atoms with Gasteiger partial charge in [0, 0.05) is 18.1 Å². The first kappa shape index (κ1) is 10.4. The second-order valence-electron chi connectivity index (χ2n) is 3.39. The van der Waals surface area contributed by atoms with E-state index in [9.17, 15) is 0 Å². The molecule has 0 heterocycles. The fraction of sp³-hybridized carbons (Fsp3) is 0.455. The lowest BCUT2D eigenvalue weighted by molar-refractivity contribution is 1.18. The summed E-state index contributed by atoms with van der Waals surface area (Å²) in [6.07, 6.45) is 0. The van der Waals surface area contributed by atoms with Gasteiger partial charge in [-0.1, -0.05) is 17.7 Å². The Balaban J connectivity index is 2.92. The Morgan fingerprint density at radius 3 is 2.15 bits per heavy atom. The van der Waals surface area contributed by atoms with Crippen molar-refractivity contribution in [3.63, 3.8) is 0 Å². The summed E-state index contributed by atoms with van der Waals surface area (Å²) in [7, 11) is 0. The molecule has 0 aliphatic heterocycles.